The summed E-state index contributed by atoms with van der Waals surface area (Å²) in [4.78, 5) is 17.1. The molecule has 0 aromatic heterocycles. The first-order valence-electron chi connectivity index (χ1n) is 10.0. The van der Waals surface area contributed by atoms with E-state index in [4.69, 9.17) is 9.47 Å². The molecule has 0 spiro atoms. The molecule has 28 heavy (non-hydrogen) atoms. The Morgan fingerprint density at radius 1 is 1.07 bits per heavy atom. The molecule has 0 unspecified atom stereocenters. The molecule has 1 fully saturated rings. The maximum absolute atomic E-state index is 13.0. The first-order chi connectivity index (χ1) is 13.7. The van der Waals surface area contributed by atoms with E-state index in [1.165, 1.54) is 19.3 Å². The van der Waals surface area contributed by atoms with Crippen LogP contribution in [0.2, 0.25) is 0 Å². The summed E-state index contributed by atoms with van der Waals surface area (Å²) in [5.41, 5.74) is 3.00. The average Bonchev–Trinajstić information content (AvgIpc) is 3.21. The van der Waals surface area contributed by atoms with E-state index >= 15 is 0 Å². The number of hydrogen-bond donors (Lipinski definition) is 1. The van der Waals surface area contributed by atoms with Crippen molar-refractivity contribution in [3.05, 3.63) is 48.0 Å². The number of amides is 2. The van der Waals surface area contributed by atoms with Crippen molar-refractivity contribution >= 4 is 17.4 Å². The molecule has 6 nitrogen and oxygen atoms in total. The normalized spacial score (nSPS) is 15.4. The van der Waals surface area contributed by atoms with Crippen LogP contribution in [0.3, 0.4) is 0 Å². The number of hydrogen-bond acceptors (Lipinski definition) is 4. The zero-order valence-electron chi connectivity index (χ0n) is 16.3. The molecule has 2 aromatic carbocycles. The van der Waals surface area contributed by atoms with Crippen LogP contribution in [0, 0.1) is 0 Å². The zero-order valence-corrected chi connectivity index (χ0v) is 16.3. The number of nitrogens with one attached hydrogen (secondary N) is 1. The molecule has 0 radical (unpaired) electrons. The molecule has 2 aliphatic rings. The lowest BCUT2D eigenvalue weighted by molar-refractivity contribution is 0.174. The quantitative estimate of drug-likeness (QED) is 0.831. The fraction of sp³-hybridized carbons (Fsp3) is 0.409. The minimum atomic E-state index is -0.0929. The number of rotatable bonds is 5. The van der Waals surface area contributed by atoms with E-state index in [0.717, 1.165) is 41.5 Å². The van der Waals surface area contributed by atoms with Crippen molar-refractivity contribution in [2.75, 3.05) is 36.6 Å². The number of urea groups is 1. The van der Waals surface area contributed by atoms with Gasteiger partial charge >= 0.3 is 6.03 Å². The molecule has 1 N–H and O–H groups in total. The predicted molar refractivity (Wildman–Crippen MR) is 110 cm³/mol. The summed E-state index contributed by atoms with van der Waals surface area (Å²) in [6.45, 7) is 5.47. The van der Waals surface area contributed by atoms with Crippen molar-refractivity contribution in [3.63, 3.8) is 0 Å². The summed E-state index contributed by atoms with van der Waals surface area (Å²) in [7, 11) is 0. The number of ether oxygens (including phenoxy) is 2. The van der Waals surface area contributed by atoms with E-state index in [0.29, 0.717) is 13.1 Å². The van der Waals surface area contributed by atoms with Gasteiger partial charge in [0.25, 0.3) is 0 Å². The fourth-order valence-corrected chi connectivity index (χ4v) is 3.77. The molecule has 0 saturated carbocycles. The van der Waals surface area contributed by atoms with Crippen molar-refractivity contribution in [1.82, 2.24) is 4.90 Å². The van der Waals surface area contributed by atoms with Crippen LogP contribution in [-0.2, 0) is 6.54 Å². The molecule has 2 heterocycles. The van der Waals surface area contributed by atoms with Crippen LogP contribution in [0.15, 0.2) is 42.5 Å². The highest BCUT2D eigenvalue weighted by Crippen LogP contribution is 2.33. The molecular formula is C22H27N3O3. The second-order valence-electron chi connectivity index (χ2n) is 7.20. The van der Waals surface area contributed by atoms with E-state index in [9.17, 15) is 4.79 Å². The Kier molecular flexibility index (Phi) is 5.55. The standard InChI is InChI=1S/C22H27N3O3/c1-2-24(15-17-10-11-20-21(14-17)28-16-27-20)22(26)23-18-8-4-5-9-19(18)25-12-6-3-7-13-25/h4-5,8-11,14H,2-3,6-7,12-13,15-16H2,1H3,(H,23,26). The number of carbonyl (C=O) groups excluding carboxylic acids is 1. The summed E-state index contributed by atoms with van der Waals surface area (Å²) >= 11 is 0. The first kappa shape index (κ1) is 18.5. The van der Waals surface area contributed by atoms with E-state index in [1.54, 1.807) is 4.90 Å². The molecule has 2 aromatic rings. The van der Waals surface area contributed by atoms with Crippen LogP contribution in [0.5, 0.6) is 11.5 Å². The van der Waals surface area contributed by atoms with Gasteiger partial charge < -0.3 is 24.6 Å². The van der Waals surface area contributed by atoms with Gasteiger partial charge in [-0.15, -0.1) is 0 Å². The Labute approximate surface area is 166 Å². The fourth-order valence-electron chi connectivity index (χ4n) is 3.77. The van der Waals surface area contributed by atoms with Crippen molar-refractivity contribution in [3.8, 4) is 11.5 Å². The molecule has 2 amide bonds. The zero-order chi connectivity index (χ0) is 19.3. The summed E-state index contributed by atoms with van der Waals surface area (Å²) in [6.07, 6.45) is 3.69. The highest BCUT2D eigenvalue weighted by molar-refractivity contribution is 5.93. The molecule has 148 valence electrons. The first-order valence-corrected chi connectivity index (χ1v) is 10.0. The Morgan fingerprint density at radius 3 is 2.68 bits per heavy atom. The largest absolute Gasteiger partial charge is 0.454 e. The third kappa shape index (κ3) is 4.01. The highest BCUT2D eigenvalue weighted by atomic mass is 16.7. The van der Waals surface area contributed by atoms with E-state index in [1.807, 2.05) is 43.3 Å². The number of anilines is 2. The number of carbonyl (C=O) groups is 1. The monoisotopic (exact) mass is 381 g/mol. The van der Waals surface area contributed by atoms with E-state index in [2.05, 4.69) is 16.3 Å². The van der Waals surface area contributed by atoms with E-state index < -0.39 is 0 Å². The summed E-state index contributed by atoms with van der Waals surface area (Å²) in [5.74, 6) is 1.50. The summed E-state index contributed by atoms with van der Waals surface area (Å²) in [5, 5.41) is 3.12. The maximum Gasteiger partial charge on any atom is 0.322 e. The van der Waals surface area contributed by atoms with Gasteiger partial charge in [-0.25, -0.2) is 4.79 Å². The maximum atomic E-state index is 13.0. The van der Waals surface area contributed by atoms with Crippen LogP contribution >= 0.6 is 0 Å². The second kappa shape index (κ2) is 8.42. The molecule has 2 aliphatic heterocycles. The lowest BCUT2D eigenvalue weighted by Gasteiger charge is -2.31. The molecule has 1 saturated heterocycles. The van der Waals surface area contributed by atoms with Gasteiger partial charge in [0, 0.05) is 26.2 Å². The van der Waals surface area contributed by atoms with E-state index in [-0.39, 0.29) is 12.8 Å². The van der Waals surface area contributed by atoms with Gasteiger partial charge in [0.15, 0.2) is 11.5 Å². The molecule has 4 rings (SSSR count). The number of para-hydroxylation sites is 2. The topological polar surface area (TPSA) is 54.0 Å². The third-order valence-electron chi connectivity index (χ3n) is 5.32. The smallest absolute Gasteiger partial charge is 0.322 e. The van der Waals surface area contributed by atoms with Crippen molar-refractivity contribution in [2.45, 2.75) is 32.7 Å². The average molecular weight is 381 g/mol. The molecule has 0 bridgehead atoms. The highest BCUT2D eigenvalue weighted by Gasteiger charge is 2.19. The molecule has 0 atom stereocenters. The van der Waals surface area contributed by atoms with Gasteiger partial charge in [0.2, 0.25) is 6.79 Å². The van der Waals surface area contributed by atoms with Gasteiger partial charge in [-0.3, -0.25) is 0 Å². The number of nitrogens with zero attached hydrogens (tertiary/aromatic N) is 2. The van der Waals surface area contributed by atoms with Crippen LogP contribution in [0.25, 0.3) is 0 Å². The van der Waals surface area contributed by atoms with Gasteiger partial charge in [-0.05, 0) is 56.0 Å². The summed E-state index contributed by atoms with van der Waals surface area (Å²) < 4.78 is 10.8. The van der Waals surface area contributed by atoms with Crippen molar-refractivity contribution in [1.29, 1.82) is 0 Å². The SMILES string of the molecule is CCN(Cc1ccc2c(c1)OCO2)C(=O)Nc1ccccc1N1CCCCC1. The lowest BCUT2D eigenvalue weighted by Crippen LogP contribution is -2.35. The molecule has 0 aliphatic carbocycles. The van der Waals surface area contributed by atoms with Gasteiger partial charge in [0.1, 0.15) is 0 Å². The number of piperidine rings is 1. The lowest BCUT2D eigenvalue weighted by atomic mass is 10.1. The van der Waals surface area contributed by atoms with Crippen LogP contribution in [0.1, 0.15) is 31.7 Å². The summed E-state index contributed by atoms with van der Waals surface area (Å²) in [6, 6.07) is 13.8. The molecule has 6 heteroatoms. The Morgan fingerprint density at radius 2 is 1.86 bits per heavy atom. The second-order valence-corrected chi connectivity index (χ2v) is 7.20. The third-order valence-corrected chi connectivity index (χ3v) is 5.32. The van der Waals surface area contributed by atoms with Crippen molar-refractivity contribution in [2.24, 2.45) is 0 Å². The minimum Gasteiger partial charge on any atom is -0.454 e. The Balaban J connectivity index is 1.46. The van der Waals surface area contributed by atoms with Gasteiger partial charge in [-0.2, -0.15) is 0 Å². The van der Waals surface area contributed by atoms with Crippen molar-refractivity contribution < 1.29 is 14.3 Å². The van der Waals surface area contributed by atoms with Gasteiger partial charge in [-0.1, -0.05) is 18.2 Å². The Bertz CT molecular complexity index is 834. The Hall–Kier alpha value is -2.89. The van der Waals surface area contributed by atoms with Gasteiger partial charge in [0.05, 0.1) is 11.4 Å². The van der Waals surface area contributed by atoms with Crippen LogP contribution in [0.4, 0.5) is 16.2 Å². The minimum absolute atomic E-state index is 0.0929. The predicted octanol–water partition coefficient (Wildman–Crippen LogP) is 4.46. The van der Waals surface area contributed by atoms with Crippen LogP contribution < -0.4 is 19.7 Å². The number of fused-ring (bicyclic) bond motifs is 1. The van der Waals surface area contributed by atoms with Crippen LogP contribution in [-0.4, -0.2) is 37.4 Å². The molecular weight excluding hydrogens is 354 g/mol. The number of benzene rings is 2.